The summed E-state index contributed by atoms with van der Waals surface area (Å²) in [5.74, 6) is 0.781. The number of carbonyl (C=O) groups is 1. The normalized spacial score (nSPS) is 24.0. The average Bonchev–Trinajstić information content (AvgIpc) is 2.95. The van der Waals surface area contributed by atoms with Gasteiger partial charge in [-0.2, -0.15) is 0 Å². The van der Waals surface area contributed by atoms with Gasteiger partial charge in [0.15, 0.2) is 0 Å². The van der Waals surface area contributed by atoms with E-state index >= 15 is 0 Å². The van der Waals surface area contributed by atoms with Crippen molar-refractivity contribution in [3.63, 3.8) is 0 Å². The third-order valence-corrected chi connectivity index (χ3v) is 6.24. The summed E-state index contributed by atoms with van der Waals surface area (Å²) in [6.07, 6.45) is 6.57. The molecular weight excluding hydrogens is 324 g/mol. The zero-order valence-electron chi connectivity index (χ0n) is 13.8. The molecule has 24 heavy (non-hydrogen) atoms. The lowest BCUT2D eigenvalue weighted by Crippen LogP contribution is -2.33. The van der Waals surface area contributed by atoms with Crippen molar-refractivity contribution < 1.29 is 9.53 Å². The molecule has 1 aliphatic heterocycles. The van der Waals surface area contributed by atoms with Gasteiger partial charge in [0.1, 0.15) is 17.3 Å². The van der Waals surface area contributed by atoms with E-state index in [2.05, 4.69) is 9.97 Å². The van der Waals surface area contributed by atoms with E-state index in [9.17, 15) is 4.79 Å². The lowest BCUT2D eigenvalue weighted by atomic mass is 9.94. The molecule has 1 saturated carbocycles. The molecule has 2 aliphatic rings. The summed E-state index contributed by atoms with van der Waals surface area (Å²) < 4.78 is 6.23. The van der Waals surface area contributed by atoms with Crippen LogP contribution in [0.2, 0.25) is 0 Å². The van der Waals surface area contributed by atoms with E-state index in [0.29, 0.717) is 18.5 Å². The topological polar surface area (TPSA) is 81.3 Å². The minimum atomic E-state index is 0.112. The van der Waals surface area contributed by atoms with Crippen LogP contribution in [0.25, 0.3) is 10.2 Å². The number of hydrogen-bond acceptors (Lipinski definition) is 6. The molecule has 128 valence electrons. The van der Waals surface area contributed by atoms with Crippen molar-refractivity contribution in [1.82, 2.24) is 14.9 Å². The largest absolute Gasteiger partial charge is 0.474 e. The molecule has 0 radical (unpaired) electrons. The van der Waals surface area contributed by atoms with Crippen LogP contribution < -0.4 is 10.5 Å². The number of carbonyl (C=O) groups excluding carboxylic acids is 1. The Morgan fingerprint density at radius 2 is 2.12 bits per heavy atom. The first-order chi connectivity index (χ1) is 11.6. The molecule has 2 aromatic heterocycles. The minimum absolute atomic E-state index is 0.112. The van der Waals surface area contributed by atoms with Crippen molar-refractivity contribution in [3.8, 4) is 5.88 Å². The van der Waals surface area contributed by atoms with E-state index < -0.39 is 0 Å². The van der Waals surface area contributed by atoms with Crippen molar-refractivity contribution in [2.45, 2.75) is 57.7 Å². The Hall–Kier alpha value is -1.73. The summed E-state index contributed by atoms with van der Waals surface area (Å²) in [6, 6.07) is 0.299. The van der Waals surface area contributed by atoms with E-state index in [-0.39, 0.29) is 12.0 Å². The highest BCUT2D eigenvalue weighted by Crippen LogP contribution is 2.39. The lowest BCUT2D eigenvalue weighted by Gasteiger charge is -2.28. The predicted octanol–water partition coefficient (Wildman–Crippen LogP) is 2.24. The molecule has 2 N–H and O–H groups in total. The van der Waals surface area contributed by atoms with Crippen LogP contribution in [-0.4, -0.2) is 39.5 Å². The molecule has 1 fully saturated rings. The fraction of sp³-hybridized carbons (Fsp3) is 0.588. The number of rotatable bonds is 2. The maximum absolute atomic E-state index is 11.8. The molecule has 6 nitrogen and oxygen atoms in total. The van der Waals surface area contributed by atoms with E-state index in [4.69, 9.17) is 10.5 Å². The molecule has 0 saturated heterocycles. The summed E-state index contributed by atoms with van der Waals surface area (Å²) >= 11 is 1.70. The second-order valence-electron chi connectivity index (χ2n) is 6.71. The molecule has 4 rings (SSSR count). The molecule has 0 atom stereocenters. The number of thiophene rings is 1. The standard InChI is InChI=1S/C17H22N4O2S/c1-10(22)21-7-6-14-13(8-21)15-16(19-9-20-17(15)24-14)23-12-4-2-11(18)3-5-12/h9,11-12H,2-8,18H2,1H3/t11-,12-. The zero-order chi connectivity index (χ0) is 16.7. The molecule has 1 amide bonds. The zero-order valence-corrected chi connectivity index (χ0v) is 14.6. The van der Waals surface area contributed by atoms with Crippen LogP contribution in [-0.2, 0) is 17.8 Å². The maximum Gasteiger partial charge on any atom is 0.225 e. The smallest absolute Gasteiger partial charge is 0.225 e. The molecule has 0 unspecified atom stereocenters. The third-order valence-electron chi connectivity index (χ3n) is 5.04. The van der Waals surface area contributed by atoms with Crippen LogP contribution >= 0.6 is 11.3 Å². The monoisotopic (exact) mass is 346 g/mol. The van der Waals surface area contributed by atoms with Crippen LogP contribution in [0.4, 0.5) is 0 Å². The highest BCUT2D eigenvalue weighted by atomic mass is 32.1. The summed E-state index contributed by atoms with van der Waals surface area (Å²) in [4.78, 5) is 24.7. The van der Waals surface area contributed by atoms with Crippen LogP contribution in [0.5, 0.6) is 5.88 Å². The molecular formula is C17H22N4O2S. The van der Waals surface area contributed by atoms with Crippen molar-refractivity contribution in [2.24, 2.45) is 5.73 Å². The van der Waals surface area contributed by atoms with Gasteiger partial charge in [-0.3, -0.25) is 4.79 Å². The number of ether oxygens (including phenoxy) is 1. The van der Waals surface area contributed by atoms with Gasteiger partial charge in [-0.15, -0.1) is 11.3 Å². The number of aromatic nitrogens is 2. The Balaban J connectivity index is 1.66. The maximum atomic E-state index is 11.8. The lowest BCUT2D eigenvalue weighted by molar-refractivity contribution is -0.129. The molecule has 0 bridgehead atoms. The summed E-state index contributed by atoms with van der Waals surface area (Å²) in [5, 5.41) is 0.998. The first-order valence-electron chi connectivity index (χ1n) is 8.55. The molecule has 2 aromatic rings. The quantitative estimate of drug-likeness (QED) is 0.902. The van der Waals surface area contributed by atoms with Gasteiger partial charge >= 0.3 is 0 Å². The highest BCUT2D eigenvalue weighted by molar-refractivity contribution is 7.18. The van der Waals surface area contributed by atoms with Gasteiger partial charge in [-0.25, -0.2) is 9.97 Å². The Kier molecular flexibility index (Phi) is 4.14. The SMILES string of the molecule is CC(=O)N1CCc2sc3ncnc(O[C@H]4CC[C@H](N)CC4)c3c2C1. The van der Waals surface area contributed by atoms with Crippen LogP contribution in [0.15, 0.2) is 6.33 Å². The second kappa shape index (κ2) is 6.29. The van der Waals surface area contributed by atoms with Gasteiger partial charge in [0.05, 0.1) is 5.39 Å². The molecule has 3 heterocycles. The van der Waals surface area contributed by atoms with Crippen LogP contribution in [0.1, 0.15) is 43.0 Å². The van der Waals surface area contributed by atoms with Gasteiger partial charge < -0.3 is 15.4 Å². The molecule has 0 spiro atoms. The van der Waals surface area contributed by atoms with Crippen LogP contribution in [0.3, 0.4) is 0 Å². The van der Waals surface area contributed by atoms with Crippen molar-refractivity contribution in [2.75, 3.05) is 6.54 Å². The van der Waals surface area contributed by atoms with Gasteiger partial charge in [0, 0.05) is 36.5 Å². The van der Waals surface area contributed by atoms with E-state index in [1.54, 1.807) is 24.6 Å². The number of fused-ring (bicyclic) bond motifs is 3. The van der Waals surface area contributed by atoms with Gasteiger partial charge in [-0.05, 0) is 32.1 Å². The molecule has 7 heteroatoms. The summed E-state index contributed by atoms with van der Waals surface area (Å²) in [6.45, 7) is 3.03. The Bertz CT molecular complexity index is 767. The van der Waals surface area contributed by atoms with Crippen molar-refractivity contribution in [1.29, 1.82) is 0 Å². The average molecular weight is 346 g/mol. The summed E-state index contributed by atoms with van der Waals surface area (Å²) in [5.41, 5.74) is 7.15. The fourth-order valence-electron chi connectivity index (χ4n) is 3.61. The van der Waals surface area contributed by atoms with Crippen LogP contribution in [0, 0.1) is 0 Å². The predicted molar refractivity (Wildman–Crippen MR) is 93.1 cm³/mol. The molecule has 0 aromatic carbocycles. The second-order valence-corrected chi connectivity index (χ2v) is 7.79. The first-order valence-corrected chi connectivity index (χ1v) is 9.36. The van der Waals surface area contributed by atoms with E-state index in [0.717, 1.165) is 48.9 Å². The van der Waals surface area contributed by atoms with Gasteiger partial charge in [0.25, 0.3) is 0 Å². The number of amides is 1. The number of hydrogen-bond donors (Lipinski definition) is 1. The third kappa shape index (κ3) is 2.86. The number of nitrogens with zero attached hydrogens (tertiary/aromatic N) is 3. The van der Waals surface area contributed by atoms with Crippen molar-refractivity contribution >= 4 is 27.5 Å². The highest BCUT2D eigenvalue weighted by Gasteiger charge is 2.27. The first kappa shape index (κ1) is 15.8. The fourth-order valence-corrected chi connectivity index (χ4v) is 4.73. The number of nitrogens with two attached hydrogens (primary N) is 1. The summed E-state index contributed by atoms with van der Waals surface area (Å²) in [7, 11) is 0. The Morgan fingerprint density at radius 1 is 1.33 bits per heavy atom. The molecule has 1 aliphatic carbocycles. The van der Waals surface area contributed by atoms with Gasteiger partial charge in [-0.1, -0.05) is 0 Å². The minimum Gasteiger partial charge on any atom is -0.474 e. The Labute approximate surface area is 145 Å². The Morgan fingerprint density at radius 3 is 2.88 bits per heavy atom. The van der Waals surface area contributed by atoms with Crippen molar-refractivity contribution in [3.05, 3.63) is 16.8 Å². The van der Waals surface area contributed by atoms with E-state index in [1.165, 1.54) is 10.4 Å². The van der Waals surface area contributed by atoms with E-state index in [1.807, 2.05) is 4.90 Å². The van der Waals surface area contributed by atoms with Gasteiger partial charge in [0.2, 0.25) is 11.8 Å².